The van der Waals surface area contributed by atoms with Gasteiger partial charge in [0.15, 0.2) is 5.82 Å². The lowest BCUT2D eigenvalue weighted by Crippen LogP contribution is -2.26. The third-order valence-corrected chi connectivity index (χ3v) is 4.57. The van der Waals surface area contributed by atoms with Gasteiger partial charge < -0.3 is 10.6 Å². The lowest BCUT2D eigenvalue weighted by molar-refractivity contribution is 0.453. The van der Waals surface area contributed by atoms with Crippen LogP contribution < -0.4 is 10.6 Å². The van der Waals surface area contributed by atoms with Crippen molar-refractivity contribution >= 4 is 5.69 Å². The predicted octanol–water partition coefficient (Wildman–Crippen LogP) is 2.14. The van der Waals surface area contributed by atoms with Crippen LogP contribution in [0.5, 0.6) is 0 Å². The second-order valence-electron chi connectivity index (χ2n) is 6.92. The fraction of sp³-hybridized carbons (Fsp3) is 0.444. The standard InChI is InChI=1S/C18H24N8/c1-13(2)22-15-10-18(25-9-3-6-21-25)20-11-17(15)26-12-16(23-24-26)14-4-7-19-8-5-14/h3,6,9-14,19H,4-5,7-8H2,1-2H3,(H,20,22). The first-order chi connectivity index (χ1) is 12.7. The molecular formula is C18H24N8. The monoisotopic (exact) mass is 352 g/mol. The lowest BCUT2D eigenvalue weighted by atomic mass is 9.95. The smallest absolute Gasteiger partial charge is 0.155 e. The molecule has 2 N–H and O–H groups in total. The summed E-state index contributed by atoms with van der Waals surface area (Å²) in [5.41, 5.74) is 2.91. The maximum absolute atomic E-state index is 4.55. The number of hydrogen-bond acceptors (Lipinski definition) is 6. The van der Waals surface area contributed by atoms with Crippen molar-refractivity contribution in [2.45, 2.75) is 38.6 Å². The summed E-state index contributed by atoms with van der Waals surface area (Å²) >= 11 is 0. The molecule has 136 valence electrons. The quantitative estimate of drug-likeness (QED) is 0.732. The van der Waals surface area contributed by atoms with Crippen molar-refractivity contribution in [2.75, 3.05) is 18.4 Å². The molecule has 0 atom stereocenters. The molecule has 0 aliphatic carbocycles. The summed E-state index contributed by atoms with van der Waals surface area (Å²) in [6.45, 7) is 6.30. The largest absolute Gasteiger partial charge is 0.381 e. The zero-order valence-electron chi connectivity index (χ0n) is 15.1. The Labute approximate surface area is 152 Å². The molecule has 0 amide bonds. The van der Waals surface area contributed by atoms with Crippen LogP contribution in [0.2, 0.25) is 0 Å². The first-order valence-corrected chi connectivity index (χ1v) is 9.10. The van der Waals surface area contributed by atoms with Gasteiger partial charge in [-0.05, 0) is 45.8 Å². The van der Waals surface area contributed by atoms with Gasteiger partial charge in [-0.1, -0.05) is 5.21 Å². The van der Waals surface area contributed by atoms with E-state index in [4.69, 9.17) is 0 Å². The van der Waals surface area contributed by atoms with Crippen molar-refractivity contribution in [1.82, 2.24) is 35.1 Å². The minimum atomic E-state index is 0.286. The molecule has 3 aromatic rings. The van der Waals surface area contributed by atoms with Crippen molar-refractivity contribution in [3.8, 4) is 11.5 Å². The van der Waals surface area contributed by atoms with Gasteiger partial charge in [0.1, 0.15) is 5.69 Å². The molecule has 0 radical (unpaired) electrons. The highest BCUT2D eigenvalue weighted by Gasteiger charge is 2.19. The Kier molecular flexibility index (Phi) is 4.66. The second kappa shape index (κ2) is 7.25. The van der Waals surface area contributed by atoms with Crippen LogP contribution in [0, 0.1) is 0 Å². The predicted molar refractivity (Wildman–Crippen MR) is 99.9 cm³/mol. The number of piperidine rings is 1. The molecule has 0 bridgehead atoms. The zero-order valence-corrected chi connectivity index (χ0v) is 15.1. The fourth-order valence-electron chi connectivity index (χ4n) is 3.28. The molecule has 3 aromatic heterocycles. The van der Waals surface area contributed by atoms with E-state index in [0.29, 0.717) is 5.92 Å². The average Bonchev–Trinajstić information content (AvgIpc) is 3.34. The molecule has 1 aliphatic rings. The maximum Gasteiger partial charge on any atom is 0.155 e. The topological polar surface area (TPSA) is 85.5 Å². The highest BCUT2D eigenvalue weighted by Crippen LogP contribution is 2.26. The Balaban J connectivity index is 1.67. The van der Waals surface area contributed by atoms with Crippen LogP contribution in [0.3, 0.4) is 0 Å². The fourth-order valence-corrected chi connectivity index (χ4v) is 3.28. The van der Waals surface area contributed by atoms with E-state index in [0.717, 1.165) is 48.8 Å². The summed E-state index contributed by atoms with van der Waals surface area (Å²) in [5.74, 6) is 1.24. The lowest BCUT2D eigenvalue weighted by Gasteiger charge is -2.20. The Hall–Kier alpha value is -2.74. The third kappa shape index (κ3) is 3.45. The van der Waals surface area contributed by atoms with E-state index in [2.05, 4.69) is 44.9 Å². The summed E-state index contributed by atoms with van der Waals surface area (Å²) < 4.78 is 3.57. The Morgan fingerprint density at radius 2 is 2.08 bits per heavy atom. The van der Waals surface area contributed by atoms with E-state index in [1.807, 2.05) is 35.4 Å². The third-order valence-electron chi connectivity index (χ3n) is 4.57. The van der Waals surface area contributed by atoms with E-state index in [1.54, 1.807) is 10.9 Å². The Bertz CT molecular complexity index is 846. The molecule has 0 spiro atoms. The SMILES string of the molecule is CC(C)Nc1cc(-n2cccn2)ncc1-n1cc(C2CCNCC2)nn1. The van der Waals surface area contributed by atoms with Crippen LogP contribution in [0.15, 0.2) is 36.9 Å². The Morgan fingerprint density at radius 3 is 2.81 bits per heavy atom. The van der Waals surface area contributed by atoms with Crippen LogP contribution in [-0.2, 0) is 0 Å². The highest BCUT2D eigenvalue weighted by atomic mass is 15.4. The van der Waals surface area contributed by atoms with E-state index in [1.165, 1.54) is 0 Å². The maximum atomic E-state index is 4.55. The molecule has 8 heteroatoms. The number of hydrogen-bond donors (Lipinski definition) is 2. The molecule has 1 fully saturated rings. The van der Waals surface area contributed by atoms with Gasteiger partial charge in [0, 0.05) is 30.4 Å². The minimum absolute atomic E-state index is 0.286. The molecule has 0 saturated carbocycles. The number of pyridine rings is 1. The average molecular weight is 352 g/mol. The summed E-state index contributed by atoms with van der Waals surface area (Å²) in [7, 11) is 0. The van der Waals surface area contributed by atoms with Gasteiger partial charge in [-0.25, -0.2) is 14.3 Å². The molecule has 1 aliphatic heterocycles. The van der Waals surface area contributed by atoms with Crippen LogP contribution in [0.4, 0.5) is 5.69 Å². The second-order valence-corrected chi connectivity index (χ2v) is 6.92. The summed E-state index contributed by atoms with van der Waals surface area (Å²) in [4.78, 5) is 4.55. The number of nitrogens with one attached hydrogen (secondary N) is 2. The van der Waals surface area contributed by atoms with Crippen molar-refractivity contribution < 1.29 is 0 Å². The van der Waals surface area contributed by atoms with E-state index in [9.17, 15) is 0 Å². The van der Waals surface area contributed by atoms with Gasteiger partial charge in [0.2, 0.25) is 0 Å². The van der Waals surface area contributed by atoms with Crippen LogP contribution in [0.1, 0.15) is 38.3 Å². The van der Waals surface area contributed by atoms with Crippen molar-refractivity contribution in [2.24, 2.45) is 0 Å². The summed E-state index contributed by atoms with van der Waals surface area (Å²) in [6, 6.07) is 4.16. The minimum Gasteiger partial charge on any atom is -0.381 e. The molecule has 1 saturated heterocycles. The molecule has 0 aromatic carbocycles. The molecule has 26 heavy (non-hydrogen) atoms. The normalized spacial score (nSPS) is 15.5. The number of nitrogens with zero attached hydrogens (tertiary/aromatic N) is 6. The molecule has 4 rings (SSSR count). The molecule has 0 unspecified atom stereocenters. The van der Waals surface area contributed by atoms with Crippen molar-refractivity contribution in [3.05, 3.63) is 42.6 Å². The van der Waals surface area contributed by atoms with Gasteiger partial charge in [0.05, 0.1) is 23.8 Å². The van der Waals surface area contributed by atoms with Crippen molar-refractivity contribution in [1.29, 1.82) is 0 Å². The first-order valence-electron chi connectivity index (χ1n) is 9.10. The van der Waals surface area contributed by atoms with Gasteiger partial charge >= 0.3 is 0 Å². The van der Waals surface area contributed by atoms with Crippen molar-refractivity contribution in [3.63, 3.8) is 0 Å². The first kappa shape index (κ1) is 16.7. The van der Waals surface area contributed by atoms with E-state index >= 15 is 0 Å². The summed E-state index contributed by atoms with van der Waals surface area (Å²) in [5, 5.41) is 19.9. The number of aromatic nitrogens is 6. The van der Waals surface area contributed by atoms with E-state index in [-0.39, 0.29) is 6.04 Å². The van der Waals surface area contributed by atoms with E-state index < -0.39 is 0 Å². The van der Waals surface area contributed by atoms with Crippen LogP contribution >= 0.6 is 0 Å². The number of rotatable bonds is 5. The van der Waals surface area contributed by atoms with Gasteiger partial charge in [-0.3, -0.25) is 0 Å². The molecule has 8 nitrogen and oxygen atoms in total. The van der Waals surface area contributed by atoms with Gasteiger partial charge in [0.25, 0.3) is 0 Å². The molecule has 4 heterocycles. The zero-order chi connectivity index (χ0) is 17.9. The molecular weight excluding hydrogens is 328 g/mol. The number of anilines is 1. The van der Waals surface area contributed by atoms with Crippen LogP contribution in [-0.4, -0.2) is 48.9 Å². The summed E-state index contributed by atoms with van der Waals surface area (Å²) in [6.07, 6.45) is 9.69. The highest BCUT2D eigenvalue weighted by molar-refractivity contribution is 5.62. The van der Waals surface area contributed by atoms with Crippen LogP contribution in [0.25, 0.3) is 11.5 Å². The Morgan fingerprint density at radius 1 is 1.23 bits per heavy atom. The van der Waals surface area contributed by atoms with Gasteiger partial charge in [-0.15, -0.1) is 5.10 Å². The van der Waals surface area contributed by atoms with Gasteiger partial charge in [-0.2, -0.15) is 5.10 Å².